The van der Waals surface area contributed by atoms with Crippen molar-refractivity contribution in [3.63, 3.8) is 0 Å². The summed E-state index contributed by atoms with van der Waals surface area (Å²) < 4.78 is 43.7. The Kier molecular flexibility index (Phi) is 6.24. The lowest BCUT2D eigenvalue weighted by Gasteiger charge is -2.20. The van der Waals surface area contributed by atoms with E-state index in [4.69, 9.17) is 5.73 Å². The SMILES string of the molecule is CN(CCS(C)(=O)=O)C(=O)C(N)CCS(C)(=O)=O. The van der Waals surface area contributed by atoms with Gasteiger partial charge in [-0.05, 0) is 6.42 Å². The summed E-state index contributed by atoms with van der Waals surface area (Å²) in [4.78, 5) is 12.9. The number of nitrogens with two attached hydrogens (primary N) is 1. The molecule has 0 heterocycles. The van der Waals surface area contributed by atoms with Crippen LogP contribution >= 0.6 is 0 Å². The van der Waals surface area contributed by atoms with Crippen LogP contribution in [0.4, 0.5) is 0 Å². The van der Waals surface area contributed by atoms with Gasteiger partial charge in [0, 0.05) is 26.1 Å². The van der Waals surface area contributed by atoms with Gasteiger partial charge in [-0.1, -0.05) is 0 Å². The molecule has 0 aliphatic rings. The molecule has 0 aliphatic carbocycles. The summed E-state index contributed by atoms with van der Waals surface area (Å²) in [5.74, 6) is -0.768. The topological polar surface area (TPSA) is 115 Å². The smallest absolute Gasteiger partial charge is 0.239 e. The van der Waals surface area contributed by atoms with E-state index < -0.39 is 31.6 Å². The second-order valence-electron chi connectivity index (χ2n) is 4.41. The largest absolute Gasteiger partial charge is 0.343 e. The fourth-order valence-corrected chi connectivity index (χ4v) is 2.45. The molecule has 7 nitrogen and oxygen atoms in total. The molecule has 0 aromatic carbocycles. The molecule has 0 bridgehead atoms. The van der Waals surface area contributed by atoms with Crippen molar-refractivity contribution in [2.45, 2.75) is 12.5 Å². The molecule has 0 saturated carbocycles. The Labute approximate surface area is 108 Å². The Morgan fingerprint density at radius 2 is 1.56 bits per heavy atom. The van der Waals surface area contributed by atoms with Gasteiger partial charge in [0.15, 0.2) is 0 Å². The zero-order valence-corrected chi connectivity index (χ0v) is 12.4. The molecular weight excluding hydrogens is 280 g/mol. The molecule has 0 rings (SSSR count). The number of carbonyl (C=O) groups excluding carboxylic acids is 1. The maximum absolute atomic E-state index is 11.7. The molecule has 0 radical (unpaired) electrons. The van der Waals surface area contributed by atoms with E-state index in [9.17, 15) is 21.6 Å². The molecule has 1 atom stereocenters. The van der Waals surface area contributed by atoms with Gasteiger partial charge < -0.3 is 10.6 Å². The number of hydrogen-bond acceptors (Lipinski definition) is 6. The molecule has 0 spiro atoms. The van der Waals surface area contributed by atoms with Gasteiger partial charge in [0.25, 0.3) is 0 Å². The number of amides is 1. The molecule has 0 aliphatic heterocycles. The van der Waals surface area contributed by atoms with Crippen LogP contribution in [-0.4, -0.2) is 71.3 Å². The highest BCUT2D eigenvalue weighted by Gasteiger charge is 2.20. The highest BCUT2D eigenvalue weighted by molar-refractivity contribution is 7.90. The lowest BCUT2D eigenvalue weighted by Crippen LogP contribution is -2.44. The molecule has 108 valence electrons. The van der Waals surface area contributed by atoms with Gasteiger partial charge in [0.1, 0.15) is 19.7 Å². The molecule has 0 saturated heterocycles. The van der Waals surface area contributed by atoms with E-state index in [1.54, 1.807) is 0 Å². The fourth-order valence-electron chi connectivity index (χ4n) is 1.16. The lowest BCUT2D eigenvalue weighted by atomic mass is 10.2. The van der Waals surface area contributed by atoms with E-state index in [2.05, 4.69) is 0 Å². The summed E-state index contributed by atoms with van der Waals surface area (Å²) in [6, 6.07) is -0.927. The van der Waals surface area contributed by atoms with Crippen molar-refractivity contribution in [3.05, 3.63) is 0 Å². The molecular formula is C9H20N2O5S2. The third-order valence-electron chi connectivity index (χ3n) is 2.29. The maximum atomic E-state index is 11.7. The van der Waals surface area contributed by atoms with Gasteiger partial charge in [-0.15, -0.1) is 0 Å². The number of rotatable bonds is 7. The third kappa shape index (κ3) is 8.43. The van der Waals surface area contributed by atoms with Crippen molar-refractivity contribution in [3.8, 4) is 0 Å². The van der Waals surface area contributed by atoms with Crippen molar-refractivity contribution in [1.82, 2.24) is 4.90 Å². The summed E-state index contributed by atoms with van der Waals surface area (Å²) >= 11 is 0. The minimum Gasteiger partial charge on any atom is -0.343 e. The van der Waals surface area contributed by atoms with Crippen molar-refractivity contribution < 1.29 is 21.6 Å². The monoisotopic (exact) mass is 300 g/mol. The van der Waals surface area contributed by atoms with E-state index in [0.717, 1.165) is 12.5 Å². The Balaban J connectivity index is 4.29. The molecule has 0 aromatic rings. The normalized spacial score (nSPS) is 14.2. The number of sulfone groups is 2. The summed E-state index contributed by atoms with van der Waals surface area (Å²) in [5.41, 5.74) is 5.56. The van der Waals surface area contributed by atoms with Gasteiger partial charge in [-0.2, -0.15) is 0 Å². The molecule has 0 aromatic heterocycles. The van der Waals surface area contributed by atoms with E-state index in [0.29, 0.717) is 0 Å². The Morgan fingerprint density at radius 1 is 1.11 bits per heavy atom. The van der Waals surface area contributed by atoms with Gasteiger partial charge in [-0.3, -0.25) is 4.79 Å². The molecule has 9 heteroatoms. The van der Waals surface area contributed by atoms with Gasteiger partial charge >= 0.3 is 0 Å². The van der Waals surface area contributed by atoms with Gasteiger partial charge in [0.2, 0.25) is 5.91 Å². The standard InChI is InChI=1S/C9H20N2O5S2/c1-11(5-7-18(3,15)16)9(12)8(10)4-6-17(2,13)14/h8H,4-7,10H2,1-3H3. The van der Waals surface area contributed by atoms with E-state index in [-0.39, 0.29) is 24.5 Å². The van der Waals surface area contributed by atoms with Crippen LogP contribution in [0.2, 0.25) is 0 Å². The molecule has 1 amide bonds. The molecule has 1 unspecified atom stereocenters. The number of nitrogens with zero attached hydrogens (tertiary/aromatic N) is 1. The van der Waals surface area contributed by atoms with Crippen molar-refractivity contribution >= 4 is 25.6 Å². The second-order valence-corrected chi connectivity index (χ2v) is 8.93. The first kappa shape index (κ1) is 17.3. The summed E-state index contributed by atoms with van der Waals surface area (Å²) in [5, 5.41) is 0. The van der Waals surface area contributed by atoms with Crippen LogP contribution in [0.3, 0.4) is 0 Å². The average Bonchev–Trinajstić information content (AvgIpc) is 2.19. The van der Waals surface area contributed by atoms with E-state index in [1.807, 2.05) is 0 Å². The Hall–Kier alpha value is -0.670. The van der Waals surface area contributed by atoms with Crippen LogP contribution in [0.5, 0.6) is 0 Å². The van der Waals surface area contributed by atoms with Crippen LogP contribution in [0.1, 0.15) is 6.42 Å². The highest BCUT2D eigenvalue weighted by atomic mass is 32.2. The van der Waals surface area contributed by atoms with Crippen molar-refractivity contribution in [2.75, 3.05) is 37.6 Å². The zero-order valence-electron chi connectivity index (χ0n) is 10.8. The summed E-state index contributed by atoms with van der Waals surface area (Å²) in [6.07, 6.45) is 2.17. The van der Waals surface area contributed by atoms with Gasteiger partial charge in [-0.25, -0.2) is 16.8 Å². The first-order valence-electron chi connectivity index (χ1n) is 5.28. The summed E-state index contributed by atoms with van der Waals surface area (Å²) in [7, 11) is -4.87. The average molecular weight is 300 g/mol. The predicted octanol–water partition coefficient (Wildman–Crippen LogP) is -1.75. The van der Waals surface area contributed by atoms with Crippen LogP contribution in [-0.2, 0) is 24.5 Å². The lowest BCUT2D eigenvalue weighted by molar-refractivity contribution is -0.131. The van der Waals surface area contributed by atoms with Crippen LogP contribution in [0.15, 0.2) is 0 Å². The molecule has 18 heavy (non-hydrogen) atoms. The summed E-state index contributed by atoms with van der Waals surface area (Å²) in [6.45, 7) is 0.0459. The number of hydrogen-bond donors (Lipinski definition) is 1. The Bertz CT molecular complexity index is 439. The zero-order chi connectivity index (χ0) is 14.6. The molecule has 2 N–H and O–H groups in total. The highest BCUT2D eigenvalue weighted by Crippen LogP contribution is 1.99. The second kappa shape index (κ2) is 6.48. The van der Waals surface area contributed by atoms with Crippen LogP contribution in [0.25, 0.3) is 0 Å². The predicted molar refractivity (Wildman–Crippen MR) is 69.7 cm³/mol. The third-order valence-corrected chi connectivity index (χ3v) is 4.19. The first-order valence-corrected chi connectivity index (χ1v) is 9.40. The minimum atomic E-state index is -3.16. The van der Waals surface area contributed by atoms with Crippen LogP contribution < -0.4 is 5.73 Å². The van der Waals surface area contributed by atoms with E-state index >= 15 is 0 Å². The van der Waals surface area contributed by atoms with Gasteiger partial charge in [0.05, 0.1) is 17.5 Å². The van der Waals surface area contributed by atoms with E-state index in [1.165, 1.54) is 11.9 Å². The fraction of sp³-hybridized carbons (Fsp3) is 0.889. The number of likely N-dealkylation sites (N-methyl/N-ethyl adjacent to an activating group) is 1. The van der Waals surface area contributed by atoms with Crippen molar-refractivity contribution in [1.29, 1.82) is 0 Å². The maximum Gasteiger partial charge on any atom is 0.239 e. The quantitative estimate of drug-likeness (QED) is 0.596. The minimum absolute atomic E-state index is 0.0287. The van der Waals surface area contributed by atoms with Crippen molar-refractivity contribution in [2.24, 2.45) is 5.73 Å². The molecule has 0 fully saturated rings. The first-order chi connectivity index (χ1) is 7.92. The Morgan fingerprint density at radius 3 is 1.94 bits per heavy atom. The van der Waals surface area contributed by atoms with Crippen LogP contribution in [0, 0.1) is 0 Å². The number of carbonyl (C=O) groups is 1.